The fourth-order valence-electron chi connectivity index (χ4n) is 2.77. The number of amides is 2. The molecular weight excluding hydrogens is 326 g/mol. The summed E-state index contributed by atoms with van der Waals surface area (Å²) in [5, 5.41) is 3.44. The zero-order chi connectivity index (χ0) is 17.1. The van der Waals surface area contributed by atoms with Gasteiger partial charge < -0.3 is 10.2 Å². The number of nitrogens with one attached hydrogen (secondary N) is 1. The molecule has 1 aromatic heterocycles. The quantitative estimate of drug-likeness (QED) is 0.928. The molecule has 1 fully saturated rings. The molecule has 2 amide bonds. The Morgan fingerprint density at radius 1 is 1.33 bits per heavy atom. The Morgan fingerprint density at radius 2 is 2.12 bits per heavy atom. The summed E-state index contributed by atoms with van der Waals surface area (Å²) in [7, 11) is 0. The first-order chi connectivity index (χ1) is 11.5. The van der Waals surface area contributed by atoms with Crippen LogP contribution in [0.25, 0.3) is 0 Å². The minimum Gasteiger partial charge on any atom is -0.337 e. The molecule has 0 unspecified atom stereocenters. The predicted molar refractivity (Wildman–Crippen MR) is 92.6 cm³/mol. The van der Waals surface area contributed by atoms with Crippen molar-refractivity contribution in [3.8, 4) is 0 Å². The van der Waals surface area contributed by atoms with Gasteiger partial charge in [-0.05, 0) is 30.2 Å². The van der Waals surface area contributed by atoms with Crippen molar-refractivity contribution in [2.45, 2.75) is 19.9 Å². The van der Waals surface area contributed by atoms with Crippen LogP contribution in [0.2, 0.25) is 5.02 Å². The van der Waals surface area contributed by atoms with Gasteiger partial charge in [0.15, 0.2) is 0 Å². The summed E-state index contributed by atoms with van der Waals surface area (Å²) >= 11 is 6.15. The molecule has 3 rings (SSSR count). The summed E-state index contributed by atoms with van der Waals surface area (Å²) in [5.74, 6) is -0.0412. The van der Waals surface area contributed by atoms with Crippen molar-refractivity contribution in [2.75, 3.05) is 11.9 Å². The van der Waals surface area contributed by atoms with Crippen LogP contribution in [0.15, 0.2) is 42.6 Å². The number of nitrogens with zero attached hydrogens (tertiary/aromatic N) is 2. The summed E-state index contributed by atoms with van der Waals surface area (Å²) in [6.07, 6.45) is 1.84. The smallest absolute Gasteiger partial charge is 0.230 e. The van der Waals surface area contributed by atoms with Crippen molar-refractivity contribution in [3.63, 3.8) is 0 Å². The maximum atomic E-state index is 12.4. The van der Waals surface area contributed by atoms with E-state index in [-0.39, 0.29) is 24.2 Å². The molecule has 0 saturated carbocycles. The number of halogens is 1. The Morgan fingerprint density at radius 3 is 2.88 bits per heavy atom. The molecule has 0 aliphatic carbocycles. The third kappa shape index (κ3) is 3.57. The second-order valence-electron chi connectivity index (χ2n) is 5.92. The topological polar surface area (TPSA) is 62.3 Å². The van der Waals surface area contributed by atoms with E-state index in [0.29, 0.717) is 23.9 Å². The maximum Gasteiger partial charge on any atom is 0.230 e. The molecule has 2 heterocycles. The number of carbonyl (C=O) groups excluding carboxylic acids is 2. The van der Waals surface area contributed by atoms with E-state index in [2.05, 4.69) is 10.3 Å². The highest BCUT2D eigenvalue weighted by molar-refractivity contribution is 6.31. The van der Waals surface area contributed by atoms with Crippen molar-refractivity contribution >= 4 is 29.2 Å². The number of pyridine rings is 1. The first kappa shape index (κ1) is 16.5. The number of carbonyl (C=O) groups is 2. The molecule has 24 heavy (non-hydrogen) atoms. The molecule has 0 bridgehead atoms. The second-order valence-corrected chi connectivity index (χ2v) is 6.33. The van der Waals surface area contributed by atoms with Crippen molar-refractivity contribution in [1.82, 2.24) is 9.88 Å². The number of rotatable bonds is 4. The fraction of sp³-hybridized carbons (Fsp3) is 0.278. The zero-order valence-electron chi connectivity index (χ0n) is 13.3. The van der Waals surface area contributed by atoms with Crippen LogP contribution in [0.5, 0.6) is 0 Å². The molecule has 6 heteroatoms. The van der Waals surface area contributed by atoms with Crippen LogP contribution in [-0.4, -0.2) is 28.2 Å². The minimum atomic E-state index is -0.374. The molecule has 1 N–H and O–H groups in total. The molecule has 1 atom stereocenters. The first-order valence-electron chi connectivity index (χ1n) is 7.78. The number of aryl methyl sites for hydroxylation is 1. The van der Waals surface area contributed by atoms with E-state index in [0.717, 1.165) is 11.1 Å². The van der Waals surface area contributed by atoms with Gasteiger partial charge in [-0.3, -0.25) is 9.59 Å². The van der Waals surface area contributed by atoms with E-state index >= 15 is 0 Å². The summed E-state index contributed by atoms with van der Waals surface area (Å²) < 4.78 is 0. The van der Waals surface area contributed by atoms with Gasteiger partial charge in [0, 0.05) is 30.7 Å². The minimum absolute atomic E-state index is 0.0344. The Bertz CT molecular complexity index is 778. The summed E-state index contributed by atoms with van der Waals surface area (Å²) in [6.45, 7) is 2.69. The molecular formula is C18H18ClN3O2. The summed E-state index contributed by atoms with van der Waals surface area (Å²) in [4.78, 5) is 30.5. The van der Waals surface area contributed by atoms with Gasteiger partial charge in [0.25, 0.3) is 0 Å². The highest BCUT2D eigenvalue weighted by Gasteiger charge is 2.34. The van der Waals surface area contributed by atoms with Crippen molar-refractivity contribution in [1.29, 1.82) is 0 Å². The predicted octanol–water partition coefficient (Wildman–Crippen LogP) is 3.03. The van der Waals surface area contributed by atoms with E-state index in [1.54, 1.807) is 17.2 Å². The third-order valence-corrected chi connectivity index (χ3v) is 4.52. The van der Waals surface area contributed by atoms with E-state index in [9.17, 15) is 9.59 Å². The number of hydrogen-bond donors (Lipinski definition) is 1. The van der Waals surface area contributed by atoms with Crippen molar-refractivity contribution in [2.24, 2.45) is 5.92 Å². The maximum absolute atomic E-state index is 12.4. The van der Waals surface area contributed by atoms with E-state index in [4.69, 9.17) is 11.6 Å². The fourth-order valence-corrected chi connectivity index (χ4v) is 2.96. The Kier molecular flexibility index (Phi) is 4.81. The normalized spacial score (nSPS) is 17.2. The molecule has 0 radical (unpaired) electrons. The Labute approximate surface area is 145 Å². The van der Waals surface area contributed by atoms with Crippen LogP contribution in [-0.2, 0) is 16.1 Å². The lowest BCUT2D eigenvalue weighted by Crippen LogP contribution is -2.28. The van der Waals surface area contributed by atoms with Gasteiger partial charge >= 0.3 is 0 Å². The molecule has 1 aromatic carbocycles. The average Bonchev–Trinajstić information content (AvgIpc) is 2.93. The molecule has 1 saturated heterocycles. The van der Waals surface area contributed by atoms with Gasteiger partial charge in [0.05, 0.1) is 5.92 Å². The Balaban J connectivity index is 1.65. The highest BCUT2D eigenvalue weighted by atomic mass is 35.5. The van der Waals surface area contributed by atoms with Crippen LogP contribution in [0.4, 0.5) is 5.82 Å². The molecule has 124 valence electrons. The molecule has 0 spiro atoms. The zero-order valence-corrected chi connectivity index (χ0v) is 14.1. The average molecular weight is 344 g/mol. The molecule has 1 aliphatic rings. The lowest BCUT2D eigenvalue weighted by Gasteiger charge is -2.17. The Hall–Kier alpha value is -2.40. The lowest BCUT2D eigenvalue weighted by molar-refractivity contribution is -0.128. The molecule has 5 nitrogen and oxygen atoms in total. The van der Waals surface area contributed by atoms with Crippen molar-refractivity contribution in [3.05, 3.63) is 58.7 Å². The van der Waals surface area contributed by atoms with Crippen molar-refractivity contribution < 1.29 is 9.59 Å². The van der Waals surface area contributed by atoms with Crippen LogP contribution < -0.4 is 5.32 Å². The third-order valence-electron chi connectivity index (χ3n) is 4.16. The van der Waals surface area contributed by atoms with Gasteiger partial charge in [0.2, 0.25) is 11.8 Å². The highest BCUT2D eigenvalue weighted by Crippen LogP contribution is 2.24. The SMILES string of the molecule is Cc1cccnc1NC(=O)[C@@H]1CC(=O)N(Cc2ccccc2Cl)C1. The van der Waals surface area contributed by atoms with Gasteiger partial charge in [-0.1, -0.05) is 35.9 Å². The number of hydrogen-bond acceptors (Lipinski definition) is 3. The summed E-state index contributed by atoms with van der Waals surface area (Å²) in [5.41, 5.74) is 1.78. The van der Waals surface area contributed by atoms with Gasteiger partial charge in [0.1, 0.15) is 5.82 Å². The first-order valence-corrected chi connectivity index (χ1v) is 8.16. The van der Waals surface area contributed by atoms with E-state index < -0.39 is 0 Å². The van der Waals surface area contributed by atoms with Crippen LogP contribution >= 0.6 is 11.6 Å². The lowest BCUT2D eigenvalue weighted by atomic mass is 10.1. The molecule has 2 aromatic rings. The van der Waals surface area contributed by atoms with Gasteiger partial charge in [-0.2, -0.15) is 0 Å². The van der Waals surface area contributed by atoms with Crippen LogP contribution in [0.3, 0.4) is 0 Å². The number of likely N-dealkylation sites (tertiary alicyclic amines) is 1. The van der Waals surface area contributed by atoms with Crippen LogP contribution in [0.1, 0.15) is 17.5 Å². The van der Waals surface area contributed by atoms with Crippen LogP contribution in [0, 0.1) is 12.8 Å². The van der Waals surface area contributed by atoms with Gasteiger partial charge in [-0.15, -0.1) is 0 Å². The second kappa shape index (κ2) is 7.01. The van der Waals surface area contributed by atoms with Gasteiger partial charge in [-0.25, -0.2) is 4.98 Å². The summed E-state index contributed by atoms with van der Waals surface area (Å²) in [6, 6.07) is 11.1. The van der Waals surface area contributed by atoms with E-state index in [1.165, 1.54) is 0 Å². The van der Waals surface area contributed by atoms with E-state index in [1.807, 2.05) is 37.3 Å². The standard InChI is InChI=1S/C18H18ClN3O2/c1-12-5-4-8-20-17(12)21-18(24)14-9-16(23)22(11-14)10-13-6-2-3-7-15(13)19/h2-8,14H,9-11H2,1H3,(H,20,21,24)/t14-/m1/s1. The number of benzene rings is 1. The molecule has 1 aliphatic heterocycles. The number of anilines is 1. The largest absolute Gasteiger partial charge is 0.337 e. The number of aromatic nitrogens is 1. The monoisotopic (exact) mass is 343 g/mol.